The number of anilines is 2. The summed E-state index contributed by atoms with van der Waals surface area (Å²) < 4.78 is 12.9. The van der Waals surface area contributed by atoms with E-state index in [2.05, 4.69) is 10.6 Å². The number of benzene rings is 2. The molecule has 0 aromatic heterocycles. The molecule has 0 saturated carbocycles. The van der Waals surface area contributed by atoms with Gasteiger partial charge in [0.15, 0.2) is 0 Å². The first-order chi connectivity index (χ1) is 11.5. The van der Waals surface area contributed by atoms with Crippen LogP contribution in [0.4, 0.5) is 20.6 Å². The van der Waals surface area contributed by atoms with Crippen molar-refractivity contribution in [1.29, 1.82) is 0 Å². The van der Waals surface area contributed by atoms with Gasteiger partial charge in [0, 0.05) is 17.9 Å². The molecular weight excluding hydrogens is 309 g/mol. The zero-order valence-corrected chi connectivity index (χ0v) is 13.3. The molecule has 1 aliphatic heterocycles. The Labute approximate surface area is 139 Å². The lowest BCUT2D eigenvalue weighted by molar-refractivity contribution is -0.119. The van der Waals surface area contributed by atoms with Crippen molar-refractivity contribution in [3.05, 3.63) is 59.9 Å². The minimum atomic E-state index is -0.670. The third kappa shape index (κ3) is 3.37. The summed E-state index contributed by atoms with van der Waals surface area (Å²) in [4.78, 5) is 26.3. The van der Waals surface area contributed by atoms with E-state index in [4.69, 9.17) is 0 Å². The van der Waals surface area contributed by atoms with E-state index in [0.717, 1.165) is 17.7 Å². The SMILES string of the molecule is C[C@@H](NC(=O)Nc1ccc(F)cc1)C(=O)N1CCc2ccccc21. The van der Waals surface area contributed by atoms with E-state index < -0.39 is 12.1 Å². The van der Waals surface area contributed by atoms with E-state index in [1.54, 1.807) is 11.8 Å². The first kappa shape index (κ1) is 16.0. The number of nitrogens with zero attached hydrogens (tertiary/aromatic N) is 1. The van der Waals surface area contributed by atoms with Crippen molar-refractivity contribution in [2.24, 2.45) is 0 Å². The summed E-state index contributed by atoms with van der Waals surface area (Å²) in [6.07, 6.45) is 0.816. The Bertz CT molecular complexity index is 761. The lowest BCUT2D eigenvalue weighted by atomic mass is 10.2. The Morgan fingerprint density at radius 1 is 1.12 bits per heavy atom. The van der Waals surface area contributed by atoms with E-state index in [-0.39, 0.29) is 11.7 Å². The average Bonchev–Trinajstić information content (AvgIpc) is 3.00. The number of para-hydroxylation sites is 1. The molecule has 0 bridgehead atoms. The predicted molar refractivity (Wildman–Crippen MR) is 90.5 cm³/mol. The van der Waals surface area contributed by atoms with Crippen LogP contribution in [0.15, 0.2) is 48.5 Å². The lowest BCUT2D eigenvalue weighted by Crippen LogP contribution is -2.47. The fourth-order valence-electron chi connectivity index (χ4n) is 2.76. The molecule has 0 fully saturated rings. The van der Waals surface area contributed by atoms with Crippen LogP contribution in [0.3, 0.4) is 0 Å². The third-order valence-corrected chi connectivity index (χ3v) is 3.97. The Kier molecular flexibility index (Phi) is 4.46. The van der Waals surface area contributed by atoms with Gasteiger partial charge in [0.05, 0.1) is 0 Å². The first-order valence-corrected chi connectivity index (χ1v) is 7.77. The van der Waals surface area contributed by atoms with Gasteiger partial charge in [-0.3, -0.25) is 4.79 Å². The molecule has 24 heavy (non-hydrogen) atoms. The fraction of sp³-hybridized carbons (Fsp3) is 0.222. The van der Waals surface area contributed by atoms with Gasteiger partial charge in [-0.2, -0.15) is 0 Å². The highest BCUT2D eigenvalue weighted by Crippen LogP contribution is 2.27. The third-order valence-electron chi connectivity index (χ3n) is 3.97. The summed E-state index contributed by atoms with van der Waals surface area (Å²) in [7, 11) is 0. The van der Waals surface area contributed by atoms with Gasteiger partial charge in [-0.15, -0.1) is 0 Å². The van der Waals surface area contributed by atoms with Gasteiger partial charge in [-0.25, -0.2) is 9.18 Å². The van der Waals surface area contributed by atoms with Gasteiger partial charge in [-0.05, 0) is 49.2 Å². The normalized spacial score (nSPS) is 14.0. The zero-order valence-electron chi connectivity index (χ0n) is 13.3. The van der Waals surface area contributed by atoms with Gasteiger partial charge in [0.1, 0.15) is 11.9 Å². The molecule has 1 heterocycles. The number of carbonyl (C=O) groups is 2. The average molecular weight is 327 g/mol. The predicted octanol–water partition coefficient (Wildman–Crippen LogP) is 2.93. The van der Waals surface area contributed by atoms with Crippen LogP contribution in [0.25, 0.3) is 0 Å². The maximum atomic E-state index is 12.9. The van der Waals surface area contributed by atoms with Gasteiger partial charge < -0.3 is 15.5 Å². The van der Waals surface area contributed by atoms with E-state index >= 15 is 0 Å². The summed E-state index contributed by atoms with van der Waals surface area (Å²) in [5.41, 5.74) is 2.49. The van der Waals surface area contributed by atoms with Crippen LogP contribution in [0.5, 0.6) is 0 Å². The van der Waals surface area contributed by atoms with Crippen molar-refractivity contribution in [3.8, 4) is 0 Å². The fourth-order valence-corrected chi connectivity index (χ4v) is 2.76. The monoisotopic (exact) mass is 327 g/mol. The maximum absolute atomic E-state index is 12.9. The quantitative estimate of drug-likeness (QED) is 0.910. The molecule has 6 heteroatoms. The topological polar surface area (TPSA) is 61.4 Å². The number of nitrogens with one attached hydrogen (secondary N) is 2. The summed E-state index contributed by atoms with van der Waals surface area (Å²) >= 11 is 0. The second kappa shape index (κ2) is 6.70. The minimum absolute atomic E-state index is 0.158. The van der Waals surface area contributed by atoms with Crippen molar-refractivity contribution >= 4 is 23.3 Å². The number of hydrogen-bond donors (Lipinski definition) is 2. The van der Waals surface area contributed by atoms with Gasteiger partial charge in [0.2, 0.25) is 5.91 Å². The number of rotatable bonds is 3. The van der Waals surface area contributed by atoms with Crippen molar-refractivity contribution in [2.45, 2.75) is 19.4 Å². The number of hydrogen-bond acceptors (Lipinski definition) is 2. The smallest absolute Gasteiger partial charge is 0.319 e. The molecule has 0 unspecified atom stereocenters. The van der Waals surface area contributed by atoms with Crippen LogP contribution in [0.2, 0.25) is 0 Å². The Balaban J connectivity index is 1.60. The summed E-state index contributed by atoms with van der Waals surface area (Å²) in [6.45, 7) is 2.26. The van der Waals surface area contributed by atoms with E-state index in [0.29, 0.717) is 12.2 Å². The van der Waals surface area contributed by atoms with E-state index in [1.807, 2.05) is 24.3 Å². The number of amides is 3. The Hall–Kier alpha value is -2.89. The molecule has 0 aliphatic carbocycles. The standard InChI is InChI=1S/C18H18FN3O2/c1-12(20-18(24)21-15-8-6-14(19)7-9-15)17(23)22-11-10-13-4-2-3-5-16(13)22/h2-9,12H,10-11H2,1H3,(H2,20,21,24)/t12-/m1/s1. The summed E-state index contributed by atoms with van der Waals surface area (Å²) in [5, 5.41) is 5.19. The number of halogens is 1. The van der Waals surface area contributed by atoms with Gasteiger partial charge in [0.25, 0.3) is 0 Å². The highest BCUT2D eigenvalue weighted by atomic mass is 19.1. The summed E-state index contributed by atoms with van der Waals surface area (Å²) in [6, 6.07) is 12.0. The van der Waals surface area contributed by atoms with Crippen LogP contribution < -0.4 is 15.5 Å². The van der Waals surface area contributed by atoms with Crippen LogP contribution in [0.1, 0.15) is 12.5 Å². The van der Waals surface area contributed by atoms with Crippen molar-refractivity contribution in [3.63, 3.8) is 0 Å². The highest BCUT2D eigenvalue weighted by Gasteiger charge is 2.28. The zero-order chi connectivity index (χ0) is 17.1. The van der Waals surface area contributed by atoms with Crippen LogP contribution in [0, 0.1) is 5.82 Å². The molecule has 2 N–H and O–H groups in total. The number of carbonyl (C=O) groups excluding carboxylic acids is 2. The molecular formula is C18H18FN3O2. The highest BCUT2D eigenvalue weighted by molar-refractivity contribution is 6.01. The van der Waals surface area contributed by atoms with E-state index in [9.17, 15) is 14.0 Å². The molecule has 3 amide bonds. The van der Waals surface area contributed by atoms with Crippen LogP contribution in [-0.2, 0) is 11.2 Å². The Morgan fingerprint density at radius 3 is 2.58 bits per heavy atom. The minimum Gasteiger partial charge on any atom is -0.326 e. The largest absolute Gasteiger partial charge is 0.326 e. The van der Waals surface area contributed by atoms with Crippen LogP contribution in [-0.4, -0.2) is 24.5 Å². The van der Waals surface area contributed by atoms with Crippen molar-refractivity contribution in [2.75, 3.05) is 16.8 Å². The lowest BCUT2D eigenvalue weighted by Gasteiger charge is -2.22. The molecule has 0 spiro atoms. The van der Waals surface area contributed by atoms with Gasteiger partial charge in [-0.1, -0.05) is 18.2 Å². The Morgan fingerprint density at radius 2 is 1.83 bits per heavy atom. The second-order valence-corrected chi connectivity index (χ2v) is 5.70. The van der Waals surface area contributed by atoms with Crippen molar-refractivity contribution in [1.82, 2.24) is 5.32 Å². The molecule has 5 nitrogen and oxygen atoms in total. The molecule has 1 atom stereocenters. The van der Waals surface area contributed by atoms with Gasteiger partial charge >= 0.3 is 6.03 Å². The molecule has 1 aliphatic rings. The molecule has 3 rings (SSSR count). The number of urea groups is 1. The molecule has 0 radical (unpaired) electrons. The molecule has 0 saturated heterocycles. The van der Waals surface area contributed by atoms with E-state index in [1.165, 1.54) is 24.3 Å². The summed E-state index contributed by atoms with van der Waals surface area (Å²) in [5.74, 6) is -0.536. The van der Waals surface area contributed by atoms with Crippen molar-refractivity contribution < 1.29 is 14.0 Å². The second-order valence-electron chi connectivity index (χ2n) is 5.70. The van der Waals surface area contributed by atoms with Crippen LogP contribution >= 0.6 is 0 Å². The first-order valence-electron chi connectivity index (χ1n) is 7.77. The molecule has 2 aromatic carbocycles. The molecule has 124 valence electrons. The number of fused-ring (bicyclic) bond motifs is 1. The maximum Gasteiger partial charge on any atom is 0.319 e. The molecule has 2 aromatic rings.